The smallest absolute Gasteiger partial charge is 0.250 e. The molecule has 1 aliphatic rings. The zero-order chi connectivity index (χ0) is 18.0. The van der Waals surface area contributed by atoms with Gasteiger partial charge in [-0.25, -0.2) is 4.98 Å². The number of rotatable bonds is 5. The Morgan fingerprint density at radius 3 is 2.96 bits per heavy atom. The quantitative estimate of drug-likeness (QED) is 0.302. The summed E-state index contributed by atoms with van der Waals surface area (Å²) in [6.07, 6.45) is 3.86. The van der Waals surface area contributed by atoms with Crippen LogP contribution in [0.15, 0.2) is 49.7 Å². The molecule has 1 aliphatic heterocycles. The predicted octanol–water partition coefficient (Wildman–Crippen LogP) is 4.68. The number of halogens is 2. The number of pyridine rings is 1. The SMILES string of the molecule is C=CC(=O)N1CCc2ccc(C(=C)c3c(Cl)ccnc3NCI)cc21. The maximum Gasteiger partial charge on any atom is 0.250 e. The van der Waals surface area contributed by atoms with Crippen LogP contribution in [0.1, 0.15) is 16.7 Å². The van der Waals surface area contributed by atoms with Gasteiger partial charge >= 0.3 is 0 Å². The summed E-state index contributed by atoms with van der Waals surface area (Å²) in [4.78, 5) is 18.2. The largest absolute Gasteiger partial charge is 0.361 e. The molecule has 0 aliphatic carbocycles. The number of nitrogens with one attached hydrogen (secondary N) is 1. The molecule has 0 radical (unpaired) electrons. The Kier molecular flexibility index (Phi) is 5.44. The number of aromatic nitrogens is 1. The first-order valence-corrected chi connectivity index (χ1v) is 9.68. The molecule has 25 heavy (non-hydrogen) atoms. The first-order chi connectivity index (χ1) is 12.1. The van der Waals surface area contributed by atoms with E-state index >= 15 is 0 Å². The van der Waals surface area contributed by atoms with Crippen molar-refractivity contribution in [1.29, 1.82) is 0 Å². The molecular formula is C19H17ClIN3O. The van der Waals surface area contributed by atoms with Crippen LogP contribution >= 0.6 is 34.2 Å². The van der Waals surface area contributed by atoms with Gasteiger partial charge in [0.15, 0.2) is 0 Å². The summed E-state index contributed by atoms with van der Waals surface area (Å²) < 4.78 is 0.706. The van der Waals surface area contributed by atoms with E-state index in [0.717, 1.165) is 34.4 Å². The Morgan fingerprint density at radius 1 is 1.44 bits per heavy atom. The number of fused-ring (bicyclic) bond motifs is 1. The maximum absolute atomic E-state index is 12.1. The Balaban J connectivity index is 2.03. The Hall–Kier alpha value is -1.86. The van der Waals surface area contributed by atoms with Crippen LogP contribution in [0.3, 0.4) is 0 Å². The molecule has 2 heterocycles. The van der Waals surface area contributed by atoms with Gasteiger partial charge in [-0.2, -0.15) is 0 Å². The third-order valence-corrected chi connectivity index (χ3v) is 4.90. The van der Waals surface area contributed by atoms with E-state index < -0.39 is 0 Å². The van der Waals surface area contributed by atoms with Gasteiger partial charge < -0.3 is 10.2 Å². The lowest BCUT2D eigenvalue weighted by atomic mass is 9.98. The van der Waals surface area contributed by atoms with Gasteiger partial charge in [-0.05, 0) is 41.3 Å². The van der Waals surface area contributed by atoms with E-state index in [0.29, 0.717) is 21.9 Å². The summed E-state index contributed by atoms with van der Waals surface area (Å²) in [5.41, 5.74) is 4.52. The second-order valence-electron chi connectivity index (χ2n) is 5.59. The van der Waals surface area contributed by atoms with Gasteiger partial charge in [-0.15, -0.1) is 0 Å². The van der Waals surface area contributed by atoms with Crippen molar-refractivity contribution >= 4 is 57.2 Å². The van der Waals surface area contributed by atoms with Gasteiger partial charge in [0, 0.05) is 24.0 Å². The maximum atomic E-state index is 12.1. The Morgan fingerprint density at radius 2 is 2.24 bits per heavy atom. The minimum Gasteiger partial charge on any atom is -0.361 e. The normalized spacial score (nSPS) is 12.6. The monoisotopic (exact) mass is 465 g/mol. The molecule has 128 valence electrons. The van der Waals surface area contributed by atoms with Gasteiger partial charge in [0.1, 0.15) is 5.82 Å². The second-order valence-corrected chi connectivity index (χ2v) is 6.76. The molecule has 0 saturated heterocycles. The highest BCUT2D eigenvalue weighted by Gasteiger charge is 2.24. The zero-order valence-corrected chi connectivity index (χ0v) is 16.5. The van der Waals surface area contributed by atoms with Gasteiger partial charge in [0.25, 0.3) is 0 Å². The molecule has 2 aromatic rings. The minimum atomic E-state index is -0.0896. The molecule has 6 heteroatoms. The number of carbonyl (C=O) groups excluding carboxylic acids is 1. The molecule has 0 unspecified atom stereocenters. The van der Waals surface area contributed by atoms with Crippen molar-refractivity contribution in [2.24, 2.45) is 0 Å². The van der Waals surface area contributed by atoms with Crippen molar-refractivity contribution in [3.63, 3.8) is 0 Å². The van der Waals surface area contributed by atoms with Crippen molar-refractivity contribution in [3.05, 3.63) is 71.4 Å². The summed E-state index contributed by atoms with van der Waals surface area (Å²) in [6.45, 7) is 8.48. The zero-order valence-electron chi connectivity index (χ0n) is 13.6. The number of alkyl halides is 1. The van der Waals surface area contributed by atoms with E-state index in [1.807, 2.05) is 18.2 Å². The summed E-state index contributed by atoms with van der Waals surface area (Å²) in [7, 11) is 0. The summed E-state index contributed by atoms with van der Waals surface area (Å²) >= 11 is 8.63. The van der Waals surface area contributed by atoms with Crippen molar-refractivity contribution in [3.8, 4) is 0 Å². The molecular weight excluding hydrogens is 449 g/mol. The fraction of sp³-hybridized carbons (Fsp3) is 0.158. The van der Waals surface area contributed by atoms with Gasteiger partial charge in [0.05, 0.1) is 9.57 Å². The molecule has 3 rings (SSSR count). The van der Waals surface area contributed by atoms with E-state index in [1.165, 1.54) is 6.08 Å². The highest BCUT2D eigenvalue weighted by molar-refractivity contribution is 14.1. The van der Waals surface area contributed by atoms with E-state index in [1.54, 1.807) is 17.2 Å². The number of hydrogen-bond donors (Lipinski definition) is 1. The van der Waals surface area contributed by atoms with Crippen molar-refractivity contribution in [2.45, 2.75) is 6.42 Å². The molecule has 1 amide bonds. The van der Waals surface area contributed by atoms with Gasteiger partial charge in [0.2, 0.25) is 5.91 Å². The number of amides is 1. The van der Waals surface area contributed by atoms with E-state index in [9.17, 15) is 4.79 Å². The average Bonchev–Trinajstić information content (AvgIpc) is 3.04. The van der Waals surface area contributed by atoms with Crippen LogP contribution in [-0.4, -0.2) is 22.0 Å². The summed E-state index contributed by atoms with van der Waals surface area (Å²) in [6, 6.07) is 7.80. The van der Waals surface area contributed by atoms with Crippen molar-refractivity contribution in [1.82, 2.24) is 4.98 Å². The van der Waals surface area contributed by atoms with Crippen LogP contribution in [0.4, 0.5) is 11.5 Å². The average molecular weight is 466 g/mol. The molecule has 4 nitrogen and oxygen atoms in total. The topological polar surface area (TPSA) is 45.2 Å². The molecule has 1 N–H and O–H groups in total. The van der Waals surface area contributed by atoms with Crippen LogP contribution < -0.4 is 10.2 Å². The number of benzene rings is 1. The van der Waals surface area contributed by atoms with Gasteiger partial charge in [-0.3, -0.25) is 4.79 Å². The summed E-state index contributed by atoms with van der Waals surface area (Å²) in [5.74, 6) is 0.611. The first kappa shape index (κ1) is 17.9. The highest BCUT2D eigenvalue weighted by atomic mass is 127. The number of nitrogens with zero attached hydrogens (tertiary/aromatic N) is 2. The second kappa shape index (κ2) is 7.58. The van der Waals surface area contributed by atoms with E-state index in [4.69, 9.17) is 11.6 Å². The van der Waals surface area contributed by atoms with Crippen molar-refractivity contribution in [2.75, 3.05) is 21.3 Å². The fourth-order valence-electron chi connectivity index (χ4n) is 2.97. The summed E-state index contributed by atoms with van der Waals surface area (Å²) in [5, 5.41) is 3.80. The van der Waals surface area contributed by atoms with E-state index in [2.05, 4.69) is 46.0 Å². The molecule has 0 spiro atoms. The number of carbonyl (C=O) groups is 1. The molecule has 0 atom stereocenters. The van der Waals surface area contributed by atoms with Crippen LogP contribution in [0, 0.1) is 0 Å². The Bertz CT molecular complexity index is 866. The fourth-order valence-corrected chi connectivity index (χ4v) is 3.59. The standard InChI is InChI=1S/C19H17ClIN3O/c1-3-17(25)24-9-7-13-4-5-14(10-16(13)24)12(2)18-15(20)6-8-22-19(18)23-11-21/h3-6,8,10H,1-2,7,9,11H2,(H,22,23). The Labute approximate surface area is 165 Å². The molecule has 1 aromatic carbocycles. The third kappa shape index (κ3) is 3.43. The van der Waals surface area contributed by atoms with Crippen LogP contribution in [-0.2, 0) is 11.2 Å². The first-order valence-electron chi connectivity index (χ1n) is 7.77. The predicted molar refractivity (Wildman–Crippen MR) is 113 cm³/mol. The lowest BCUT2D eigenvalue weighted by molar-refractivity contribution is -0.114. The minimum absolute atomic E-state index is 0.0896. The lowest BCUT2D eigenvalue weighted by Gasteiger charge is -2.18. The highest BCUT2D eigenvalue weighted by Crippen LogP contribution is 2.37. The number of anilines is 2. The van der Waals surface area contributed by atoms with Crippen LogP contribution in [0.25, 0.3) is 5.57 Å². The van der Waals surface area contributed by atoms with Crippen LogP contribution in [0.5, 0.6) is 0 Å². The third-order valence-electron chi connectivity index (χ3n) is 4.21. The molecule has 0 fully saturated rings. The lowest BCUT2D eigenvalue weighted by Crippen LogP contribution is -2.26. The van der Waals surface area contributed by atoms with Crippen LogP contribution in [0.2, 0.25) is 5.02 Å². The number of hydrogen-bond acceptors (Lipinski definition) is 3. The van der Waals surface area contributed by atoms with Gasteiger partial charge in [-0.1, -0.05) is 59.5 Å². The molecule has 0 bridgehead atoms. The molecule has 0 saturated carbocycles. The van der Waals surface area contributed by atoms with E-state index in [-0.39, 0.29) is 5.91 Å². The van der Waals surface area contributed by atoms with Crippen molar-refractivity contribution < 1.29 is 4.79 Å². The molecule has 1 aromatic heterocycles.